The largest absolute Gasteiger partial charge is 0.452 e. The number of nitrogens with zero attached hydrogens (tertiary/aromatic N) is 4. The summed E-state index contributed by atoms with van der Waals surface area (Å²) in [4.78, 5) is 46.5. The first-order chi connectivity index (χ1) is 13.3. The molecule has 12 heteroatoms. The van der Waals surface area contributed by atoms with Crippen LogP contribution in [-0.4, -0.2) is 69.6 Å². The summed E-state index contributed by atoms with van der Waals surface area (Å²) < 4.78 is 12.5. The van der Waals surface area contributed by atoms with Crippen LogP contribution in [-0.2, 0) is 33.2 Å². The average Bonchev–Trinajstić information content (AvgIpc) is 3.29. The molecule has 0 saturated carbocycles. The fourth-order valence-electron chi connectivity index (χ4n) is 1.99. The highest BCUT2D eigenvalue weighted by molar-refractivity contribution is 5.91. The summed E-state index contributed by atoms with van der Waals surface area (Å²) in [6.45, 7) is -0.675. The van der Waals surface area contributed by atoms with E-state index in [1.807, 2.05) is 0 Å². The number of carbonyl (C=O) groups is 4. The molecule has 2 N–H and O–H groups in total. The lowest BCUT2D eigenvalue weighted by Crippen LogP contribution is -2.38. The summed E-state index contributed by atoms with van der Waals surface area (Å²) >= 11 is 0. The van der Waals surface area contributed by atoms with Gasteiger partial charge in [0.15, 0.2) is 13.2 Å². The van der Waals surface area contributed by atoms with Crippen molar-refractivity contribution >= 4 is 23.8 Å². The van der Waals surface area contributed by atoms with Gasteiger partial charge in [-0.1, -0.05) is 0 Å². The van der Waals surface area contributed by atoms with Gasteiger partial charge in [0.1, 0.15) is 0 Å². The predicted octanol–water partition coefficient (Wildman–Crippen LogP) is -1.60. The van der Waals surface area contributed by atoms with E-state index >= 15 is 0 Å². The lowest BCUT2D eigenvalue weighted by molar-refractivity contribution is -0.125. The number of hydrogen-bond donors (Lipinski definition) is 2. The van der Waals surface area contributed by atoms with Gasteiger partial charge in [0.2, 0.25) is 0 Å². The van der Waals surface area contributed by atoms with Gasteiger partial charge in [0.05, 0.1) is 23.5 Å². The van der Waals surface area contributed by atoms with E-state index < -0.39 is 37.0 Å². The minimum Gasteiger partial charge on any atom is -0.452 e. The molecule has 0 aliphatic heterocycles. The summed E-state index contributed by atoms with van der Waals surface area (Å²) in [7, 11) is 3.30. The van der Waals surface area contributed by atoms with Crippen molar-refractivity contribution in [3.05, 3.63) is 35.9 Å². The van der Waals surface area contributed by atoms with Gasteiger partial charge in [-0.25, -0.2) is 9.59 Å². The van der Waals surface area contributed by atoms with E-state index in [1.165, 1.54) is 34.2 Å². The van der Waals surface area contributed by atoms with E-state index in [1.54, 1.807) is 14.1 Å². The van der Waals surface area contributed by atoms with Crippen molar-refractivity contribution in [2.45, 2.75) is 0 Å². The van der Waals surface area contributed by atoms with Gasteiger partial charge >= 0.3 is 11.9 Å². The van der Waals surface area contributed by atoms with E-state index in [-0.39, 0.29) is 24.2 Å². The SMILES string of the molecule is Cn1cc(C(=O)OCC(=O)NCCNC(=O)COC(=O)c2cnn(C)c2)cn1. The number of aromatic nitrogens is 4. The Morgan fingerprint density at radius 1 is 0.821 bits per heavy atom. The predicted molar refractivity (Wildman–Crippen MR) is 93.0 cm³/mol. The highest BCUT2D eigenvalue weighted by Gasteiger charge is 2.13. The summed E-state index contributed by atoms with van der Waals surface area (Å²) in [5.74, 6) is -2.36. The van der Waals surface area contributed by atoms with Gasteiger partial charge in [0, 0.05) is 39.6 Å². The average molecular weight is 392 g/mol. The maximum Gasteiger partial charge on any atom is 0.341 e. The Balaban J connectivity index is 1.55. The van der Waals surface area contributed by atoms with Crippen LogP contribution in [0.25, 0.3) is 0 Å². The van der Waals surface area contributed by atoms with E-state index in [4.69, 9.17) is 9.47 Å². The number of hydrogen-bond acceptors (Lipinski definition) is 8. The van der Waals surface area contributed by atoms with Gasteiger partial charge in [-0.05, 0) is 0 Å². The van der Waals surface area contributed by atoms with Gasteiger partial charge in [-0.15, -0.1) is 0 Å². The molecule has 2 aromatic heterocycles. The fourth-order valence-corrected chi connectivity index (χ4v) is 1.99. The number of nitrogens with one attached hydrogen (secondary N) is 2. The van der Waals surface area contributed by atoms with Crippen molar-refractivity contribution in [1.82, 2.24) is 30.2 Å². The van der Waals surface area contributed by atoms with Crippen LogP contribution < -0.4 is 10.6 Å². The van der Waals surface area contributed by atoms with Crippen LogP contribution in [0.15, 0.2) is 24.8 Å². The Hall–Kier alpha value is -3.70. The molecule has 2 amide bonds. The lowest BCUT2D eigenvalue weighted by Gasteiger charge is -2.08. The van der Waals surface area contributed by atoms with E-state index in [9.17, 15) is 19.2 Å². The highest BCUT2D eigenvalue weighted by Crippen LogP contribution is 1.99. The summed E-state index contributed by atoms with van der Waals surface area (Å²) in [6, 6.07) is 0. The molecule has 0 atom stereocenters. The van der Waals surface area contributed by atoms with Crippen LogP contribution in [0.3, 0.4) is 0 Å². The molecule has 2 heterocycles. The Kier molecular flexibility index (Phi) is 7.25. The Bertz CT molecular complexity index is 787. The van der Waals surface area contributed by atoms with E-state index in [0.29, 0.717) is 0 Å². The van der Waals surface area contributed by atoms with E-state index in [0.717, 1.165) is 0 Å². The molecule has 0 fully saturated rings. The molecule has 0 unspecified atom stereocenters. The highest BCUT2D eigenvalue weighted by atomic mass is 16.5. The lowest BCUT2D eigenvalue weighted by atomic mass is 10.4. The maximum absolute atomic E-state index is 11.7. The van der Waals surface area contributed by atoms with Gasteiger partial charge in [0.25, 0.3) is 11.8 Å². The maximum atomic E-state index is 11.7. The number of esters is 2. The third-order valence-corrected chi connectivity index (χ3v) is 3.32. The van der Waals surface area contributed by atoms with Crippen molar-refractivity contribution in [2.75, 3.05) is 26.3 Å². The number of aryl methyl sites for hydroxylation is 2. The molecule has 2 rings (SSSR count). The summed E-state index contributed by atoms with van der Waals surface area (Å²) in [5, 5.41) is 12.6. The molecule has 150 valence electrons. The zero-order valence-corrected chi connectivity index (χ0v) is 15.4. The van der Waals surface area contributed by atoms with Crippen LogP contribution in [0.2, 0.25) is 0 Å². The first kappa shape index (κ1) is 20.6. The minimum absolute atomic E-state index is 0.117. The molecule has 0 bridgehead atoms. The molecule has 0 radical (unpaired) electrons. The fraction of sp³-hybridized carbons (Fsp3) is 0.375. The first-order valence-electron chi connectivity index (χ1n) is 8.20. The molecule has 0 aliphatic rings. The third-order valence-electron chi connectivity index (χ3n) is 3.32. The summed E-state index contributed by atoms with van der Waals surface area (Å²) in [6.07, 6.45) is 5.60. The van der Waals surface area contributed by atoms with Crippen LogP contribution in [0.1, 0.15) is 20.7 Å². The molecule has 0 aliphatic carbocycles. The smallest absolute Gasteiger partial charge is 0.341 e. The van der Waals surface area contributed by atoms with Crippen LogP contribution >= 0.6 is 0 Å². The normalized spacial score (nSPS) is 10.2. The second kappa shape index (κ2) is 9.85. The monoisotopic (exact) mass is 392 g/mol. The van der Waals surface area contributed by atoms with Crippen molar-refractivity contribution in [3.63, 3.8) is 0 Å². The molecule has 0 saturated heterocycles. The Labute approximate surface area is 159 Å². The van der Waals surface area contributed by atoms with Crippen LogP contribution in [0.4, 0.5) is 0 Å². The van der Waals surface area contributed by atoms with E-state index in [2.05, 4.69) is 20.8 Å². The molecule has 0 aromatic carbocycles. The number of amides is 2. The second-order valence-electron chi connectivity index (χ2n) is 5.66. The van der Waals surface area contributed by atoms with Crippen molar-refractivity contribution in [1.29, 1.82) is 0 Å². The molecular weight excluding hydrogens is 372 g/mol. The summed E-state index contributed by atoms with van der Waals surface area (Å²) in [5.41, 5.74) is 0.479. The first-order valence-corrected chi connectivity index (χ1v) is 8.20. The van der Waals surface area contributed by atoms with Gasteiger partial charge in [-0.3, -0.25) is 19.0 Å². The molecular formula is C16H20N6O6. The number of carbonyl (C=O) groups excluding carboxylic acids is 4. The van der Waals surface area contributed by atoms with Gasteiger partial charge in [-0.2, -0.15) is 10.2 Å². The topological polar surface area (TPSA) is 146 Å². The zero-order valence-electron chi connectivity index (χ0n) is 15.4. The third kappa shape index (κ3) is 6.55. The second-order valence-corrected chi connectivity index (χ2v) is 5.66. The van der Waals surface area contributed by atoms with Gasteiger partial charge < -0.3 is 20.1 Å². The minimum atomic E-state index is -0.660. The number of rotatable bonds is 9. The van der Waals surface area contributed by atoms with Crippen molar-refractivity contribution in [2.24, 2.45) is 14.1 Å². The quantitative estimate of drug-likeness (QED) is 0.383. The molecule has 2 aromatic rings. The standard InChI is InChI=1S/C16H20N6O6/c1-21-7-11(5-19-21)15(25)27-9-13(23)17-3-4-18-14(24)10-28-16(26)12-6-20-22(2)8-12/h5-8H,3-4,9-10H2,1-2H3,(H,17,23)(H,18,24). The molecule has 0 spiro atoms. The Morgan fingerprint density at radius 3 is 1.54 bits per heavy atom. The Morgan fingerprint density at radius 2 is 1.21 bits per heavy atom. The zero-order chi connectivity index (χ0) is 20.5. The van der Waals surface area contributed by atoms with Crippen molar-refractivity contribution < 1.29 is 28.7 Å². The van der Waals surface area contributed by atoms with Crippen LogP contribution in [0.5, 0.6) is 0 Å². The number of ether oxygens (including phenoxy) is 2. The van der Waals surface area contributed by atoms with Crippen molar-refractivity contribution in [3.8, 4) is 0 Å². The van der Waals surface area contributed by atoms with Crippen LogP contribution in [0, 0.1) is 0 Å². The molecule has 12 nitrogen and oxygen atoms in total. The molecule has 28 heavy (non-hydrogen) atoms.